The largest absolute Gasteiger partial charge is 0.323 e. The number of aromatic nitrogens is 2. The quantitative estimate of drug-likeness (QED) is 0.777. The van der Waals surface area contributed by atoms with Crippen molar-refractivity contribution in [3.8, 4) is 11.1 Å². The van der Waals surface area contributed by atoms with Crippen molar-refractivity contribution in [2.45, 2.75) is 26.3 Å². The molecule has 0 bridgehead atoms. The first-order valence-corrected chi connectivity index (χ1v) is 7.70. The van der Waals surface area contributed by atoms with E-state index < -0.39 is 0 Å². The highest BCUT2D eigenvalue weighted by Crippen LogP contribution is 2.25. The van der Waals surface area contributed by atoms with Crippen LogP contribution in [0.3, 0.4) is 0 Å². The molecule has 2 heterocycles. The number of hydrogen-bond donors (Lipinski definition) is 1. The predicted molar refractivity (Wildman–Crippen MR) is 91.4 cm³/mol. The van der Waals surface area contributed by atoms with Crippen molar-refractivity contribution in [2.24, 2.45) is 11.7 Å². The summed E-state index contributed by atoms with van der Waals surface area (Å²) in [7, 11) is 0. The topological polar surface area (TPSA) is 51.8 Å². The minimum absolute atomic E-state index is 0.00396. The summed E-state index contributed by atoms with van der Waals surface area (Å²) in [5.41, 5.74) is 10.5. The zero-order valence-corrected chi connectivity index (χ0v) is 13.0. The van der Waals surface area contributed by atoms with Crippen molar-refractivity contribution < 1.29 is 0 Å². The van der Waals surface area contributed by atoms with Gasteiger partial charge >= 0.3 is 0 Å². The Kier molecular flexibility index (Phi) is 4.16. The van der Waals surface area contributed by atoms with E-state index in [-0.39, 0.29) is 6.04 Å². The highest BCUT2D eigenvalue weighted by molar-refractivity contribution is 5.84. The van der Waals surface area contributed by atoms with Crippen molar-refractivity contribution in [1.82, 2.24) is 9.97 Å². The van der Waals surface area contributed by atoms with Gasteiger partial charge in [0.15, 0.2) is 0 Å². The summed E-state index contributed by atoms with van der Waals surface area (Å²) in [6.45, 7) is 4.36. The average molecular weight is 291 g/mol. The van der Waals surface area contributed by atoms with Crippen LogP contribution in [0.4, 0.5) is 0 Å². The molecule has 3 aromatic rings. The Balaban J connectivity index is 1.95. The molecule has 2 aromatic heterocycles. The lowest BCUT2D eigenvalue weighted by Gasteiger charge is -2.14. The number of nitrogens with zero attached hydrogens (tertiary/aromatic N) is 2. The zero-order chi connectivity index (χ0) is 15.5. The minimum Gasteiger partial charge on any atom is -0.323 e. The standard InChI is InChI=1S/C19H21N3/c1-13(2)11-17(20)19-6-4-16-12-15(3-5-18(16)22-19)14-7-9-21-10-8-14/h3-10,12-13,17H,11,20H2,1-2H3/t17-/m1/s1. The summed E-state index contributed by atoms with van der Waals surface area (Å²) in [6.07, 6.45) is 4.57. The molecule has 0 radical (unpaired) electrons. The van der Waals surface area contributed by atoms with Gasteiger partial charge in [0.05, 0.1) is 11.2 Å². The van der Waals surface area contributed by atoms with Gasteiger partial charge in [-0.05, 0) is 53.8 Å². The monoisotopic (exact) mass is 291 g/mol. The molecule has 0 fully saturated rings. The van der Waals surface area contributed by atoms with Gasteiger partial charge in [0.2, 0.25) is 0 Å². The third-order valence-corrected chi connectivity index (χ3v) is 3.83. The molecule has 2 N–H and O–H groups in total. The lowest BCUT2D eigenvalue weighted by Crippen LogP contribution is -2.14. The third kappa shape index (κ3) is 3.15. The number of hydrogen-bond acceptors (Lipinski definition) is 3. The van der Waals surface area contributed by atoms with Crippen LogP contribution in [0.15, 0.2) is 54.9 Å². The Bertz CT molecular complexity index is 766. The maximum absolute atomic E-state index is 6.24. The Morgan fingerprint density at radius 3 is 2.45 bits per heavy atom. The van der Waals surface area contributed by atoms with E-state index in [0.717, 1.165) is 28.6 Å². The van der Waals surface area contributed by atoms with Crippen molar-refractivity contribution in [1.29, 1.82) is 0 Å². The van der Waals surface area contributed by atoms with E-state index in [9.17, 15) is 0 Å². The van der Waals surface area contributed by atoms with Crippen LogP contribution in [0.25, 0.3) is 22.0 Å². The first-order chi connectivity index (χ1) is 10.6. The summed E-state index contributed by atoms with van der Waals surface area (Å²) >= 11 is 0. The molecule has 3 heteroatoms. The van der Waals surface area contributed by atoms with Crippen molar-refractivity contribution in [2.75, 3.05) is 0 Å². The molecule has 112 valence electrons. The fraction of sp³-hybridized carbons (Fsp3) is 0.263. The van der Waals surface area contributed by atoms with E-state index in [1.807, 2.05) is 30.6 Å². The normalized spacial score (nSPS) is 12.7. The van der Waals surface area contributed by atoms with Gasteiger partial charge in [-0.1, -0.05) is 26.0 Å². The van der Waals surface area contributed by atoms with E-state index in [4.69, 9.17) is 10.7 Å². The molecular weight excluding hydrogens is 270 g/mol. The number of fused-ring (bicyclic) bond motifs is 1. The molecule has 1 atom stereocenters. The van der Waals surface area contributed by atoms with Gasteiger partial charge in [-0.15, -0.1) is 0 Å². The molecular formula is C19H21N3. The average Bonchev–Trinajstić information content (AvgIpc) is 2.54. The van der Waals surface area contributed by atoms with Gasteiger partial charge in [-0.25, -0.2) is 0 Å². The van der Waals surface area contributed by atoms with Gasteiger partial charge in [0.1, 0.15) is 0 Å². The van der Waals surface area contributed by atoms with Crippen LogP contribution in [-0.4, -0.2) is 9.97 Å². The Morgan fingerprint density at radius 1 is 0.955 bits per heavy atom. The number of nitrogens with two attached hydrogens (primary N) is 1. The maximum atomic E-state index is 6.24. The molecule has 1 aromatic carbocycles. The molecule has 0 saturated heterocycles. The van der Waals surface area contributed by atoms with Crippen molar-refractivity contribution in [3.63, 3.8) is 0 Å². The van der Waals surface area contributed by atoms with E-state index in [2.05, 4.69) is 43.1 Å². The Labute approximate surface area is 131 Å². The second-order valence-corrected chi connectivity index (χ2v) is 6.12. The van der Waals surface area contributed by atoms with Crippen LogP contribution in [0.1, 0.15) is 32.0 Å². The van der Waals surface area contributed by atoms with Gasteiger partial charge < -0.3 is 5.73 Å². The molecule has 0 unspecified atom stereocenters. The second-order valence-electron chi connectivity index (χ2n) is 6.12. The molecule has 0 aliphatic heterocycles. The molecule has 0 aliphatic rings. The van der Waals surface area contributed by atoms with Crippen LogP contribution in [-0.2, 0) is 0 Å². The second kappa shape index (κ2) is 6.24. The third-order valence-electron chi connectivity index (χ3n) is 3.83. The summed E-state index contributed by atoms with van der Waals surface area (Å²) in [6, 6.07) is 14.5. The maximum Gasteiger partial charge on any atom is 0.0706 e. The first kappa shape index (κ1) is 14.7. The Hall–Kier alpha value is -2.26. The van der Waals surface area contributed by atoms with Crippen LogP contribution in [0, 0.1) is 5.92 Å². The van der Waals surface area contributed by atoms with Gasteiger partial charge in [-0.2, -0.15) is 0 Å². The molecule has 3 rings (SSSR count). The number of benzene rings is 1. The number of pyridine rings is 2. The summed E-state index contributed by atoms with van der Waals surface area (Å²) in [5.74, 6) is 0.571. The van der Waals surface area contributed by atoms with E-state index in [1.165, 1.54) is 5.56 Å². The predicted octanol–water partition coefficient (Wildman–Crippen LogP) is 4.34. The van der Waals surface area contributed by atoms with Crippen molar-refractivity contribution in [3.05, 3.63) is 60.6 Å². The van der Waals surface area contributed by atoms with E-state index in [1.54, 1.807) is 0 Å². The summed E-state index contributed by atoms with van der Waals surface area (Å²) < 4.78 is 0. The molecule has 3 nitrogen and oxygen atoms in total. The molecule has 0 spiro atoms. The summed E-state index contributed by atoms with van der Waals surface area (Å²) in [5, 5.41) is 1.13. The molecule has 0 aliphatic carbocycles. The van der Waals surface area contributed by atoms with Crippen LogP contribution in [0.5, 0.6) is 0 Å². The molecule has 22 heavy (non-hydrogen) atoms. The highest BCUT2D eigenvalue weighted by Gasteiger charge is 2.10. The van der Waals surface area contributed by atoms with Crippen LogP contribution < -0.4 is 5.73 Å². The zero-order valence-electron chi connectivity index (χ0n) is 13.0. The first-order valence-electron chi connectivity index (χ1n) is 7.70. The smallest absolute Gasteiger partial charge is 0.0706 e. The summed E-state index contributed by atoms with van der Waals surface area (Å²) in [4.78, 5) is 8.79. The Morgan fingerprint density at radius 2 is 1.73 bits per heavy atom. The van der Waals surface area contributed by atoms with Crippen LogP contribution >= 0.6 is 0 Å². The van der Waals surface area contributed by atoms with Gasteiger partial charge in [-0.3, -0.25) is 9.97 Å². The SMILES string of the molecule is CC(C)C[C@@H](N)c1ccc2cc(-c3ccncc3)ccc2n1. The van der Waals surface area contributed by atoms with Crippen LogP contribution in [0.2, 0.25) is 0 Å². The fourth-order valence-corrected chi connectivity index (χ4v) is 2.70. The molecule has 0 amide bonds. The van der Waals surface area contributed by atoms with Gasteiger partial charge in [0.25, 0.3) is 0 Å². The van der Waals surface area contributed by atoms with E-state index >= 15 is 0 Å². The van der Waals surface area contributed by atoms with Gasteiger partial charge in [0, 0.05) is 23.8 Å². The minimum atomic E-state index is 0.00396. The van der Waals surface area contributed by atoms with E-state index in [0.29, 0.717) is 5.92 Å². The number of rotatable bonds is 4. The lowest BCUT2D eigenvalue weighted by atomic mass is 10.00. The van der Waals surface area contributed by atoms with Crippen molar-refractivity contribution >= 4 is 10.9 Å². The highest BCUT2D eigenvalue weighted by atomic mass is 14.8. The fourth-order valence-electron chi connectivity index (χ4n) is 2.70. The molecule has 0 saturated carbocycles. The lowest BCUT2D eigenvalue weighted by molar-refractivity contribution is 0.503.